The summed E-state index contributed by atoms with van der Waals surface area (Å²) in [5.41, 5.74) is 5.94. The lowest BCUT2D eigenvalue weighted by Crippen LogP contribution is -2.38. The fourth-order valence-corrected chi connectivity index (χ4v) is 1.82. The van der Waals surface area contributed by atoms with Gasteiger partial charge in [-0.3, -0.25) is 0 Å². The Kier molecular flexibility index (Phi) is 5.22. The molecule has 0 aromatic heterocycles. The van der Waals surface area contributed by atoms with E-state index in [0.717, 1.165) is 6.42 Å². The third kappa shape index (κ3) is 4.84. The Morgan fingerprint density at radius 3 is 2.86 bits per heavy atom. The molecule has 1 aliphatic heterocycles. The molecule has 2 amide bonds. The molecule has 21 heavy (non-hydrogen) atoms. The summed E-state index contributed by atoms with van der Waals surface area (Å²) in [5, 5.41) is 16.7. The monoisotopic (exact) mass is 294 g/mol. The molecule has 0 saturated carbocycles. The minimum absolute atomic E-state index is 0.00849. The predicted octanol–water partition coefficient (Wildman–Crippen LogP) is 0.722. The molecule has 1 aromatic rings. The van der Waals surface area contributed by atoms with Gasteiger partial charge >= 0.3 is 6.03 Å². The van der Waals surface area contributed by atoms with Gasteiger partial charge < -0.3 is 31.0 Å². The number of ether oxygens (including phenoxy) is 2. The molecule has 1 fully saturated rings. The van der Waals surface area contributed by atoms with Crippen LogP contribution < -0.4 is 21.1 Å². The molecule has 1 saturated heterocycles. The minimum Gasteiger partial charge on any atom is -0.486 e. The summed E-state index contributed by atoms with van der Waals surface area (Å²) in [5.74, 6) is 0.534. The molecule has 0 bridgehead atoms. The Balaban J connectivity index is 1.79. The topological polar surface area (TPSA) is 118 Å². The Morgan fingerprint density at radius 2 is 2.24 bits per heavy atom. The molecule has 8 nitrogen and oxygen atoms in total. The van der Waals surface area contributed by atoms with Gasteiger partial charge in [0.1, 0.15) is 12.4 Å². The largest absolute Gasteiger partial charge is 0.486 e. The quantitative estimate of drug-likeness (QED) is 0.276. The lowest BCUT2D eigenvalue weighted by molar-refractivity contribution is 0.189. The van der Waals surface area contributed by atoms with Crippen LogP contribution in [0.3, 0.4) is 0 Å². The number of hydrogen-bond donors (Lipinski definition) is 4. The average Bonchev–Trinajstić information content (AvgIpc) is 2.99. The highest BCUT2D eigenvalue weighted by Crippen LogP contribution is 2.15. The van der Waals surface area contributed by atoms with E-state index in [1.54, 1.807) is 24.3 Å². The van der Waals surface area contributed by atoms with Crippen LogP contribution in [-0.4, -0.2) is 42.9 Å². The number of nitrogens with two attached hydrogens (primary N) is 1. The molecular weight excluding hydrogens is 276 g/mol. The minimum atomic E-state index is -0.268. The SMILES string of the molecule is N/C(COc1ccc(NC(=O)NC2CCOC2)cc1)=N/O. The highest BCUT2D eigenvalue weighted by atomic mass is 16.5. The van der Waals surface area contributed by atoms with Crippen LogP contribution in [0.15, 0.2) is 29.4 Å². The molecule has 1 aromatic carbocycles. The lowest BCUT2D eigenvalue weighted by atomic mass is 10.2. The fraction of sp³-hybridized carbons (Fsp3) is 0.385. The van der Waals surface area contributed by atoms with Crippen LogP contribution in [0.2, 0.25) is 0 Å². The number of rotatable bonds is 5. The van der Waals surface area contributed by atoms with E-state index in [0.29, 0.717) is 24.7 Å². The number of nitrogens with one attached hydrogen (secondary N) is 2. The number of carbonyl (C=O) groups excluding carboxylic acids is 1. The summed E-state index contributed by atoms with van der Waals surface area (Å²) in [6.45, 7) is 1.22. The van der Waals surface area contributed by atoms with Crippen LogP contribution in [0.25, 0.3) is 0 Å². The molecule has 0 radical (unpaired) electrons. The first-order chi connectivity index (χ1) is 10.2. The fourth-order valence-electron chi connectivity index (χ4n) is 1.82. The number of anilines is 1. The van der Waals surface area contributed by atoms with Crippen molar-refractivity contribution in [1.82, 2.24) is 5.32 Å². The van der Waals surface area contributed by atoms with Crippen molar-refractivity contribution in [1.29, 1.82) is 0 Å². The zero-order chi connectivity index (χ0) is 15.1. The Labute approximate surface area is 121 Å². The maximum absolute atomic E-state index is 11.7. The summed E-state index contributed by atoms with van der Waals surface area (Å²) in [6.07, 6.45) is 0.827. The predicted molar refractivity (Wildman–Crippen MR) is 76.7 cm³/mol. The van der Waals surface area contributed by atoms with Crippen LogP contribution in [0, 0.1) is 0 Å². The smallest absolute Gasteiger partial charge is 0.319 e. The number of nitrogens with zero attached hydrogens (tertiary/aromatic N) is 1. The number of urea groups is 1. The van der Waals surface area contributed by atoms with E-state index in [2.05, 4.69) is 15.8 Å². The second-order valence-electron chi connectivity index (χ2n) is 4.56. The van der Waals surface area contributed by atoms with Crippen molar-refractivity contribution >= 4 is 17.6 Å². The first-order valence-corrected chi connectivity index (χ1v) is 6.52. The summed E-state index contributed by atoms with van der Waals surface area (Å²) >= 11 is 0. The number of benzene rings is 1. The number of amidine groups is 1. The van der Waals surface area contributed by atoms with Crippen molar-refractivity contribution in [2.24, 2.45) is 10.9 Å². The van der Waals surface area contributed by atoms with Gasteiger partial charge in [0, 0.05) is 12.3 Å². The molecule has 1 atom stereocenters. The van der Waals surface area contributed by atoms with Gasteiger partial charge in [0.05, 0.1) is 12.6 Å². The number of carbonyl (C=O) groups is 1. The molecule has 114 valence electrons. The molecule has 0 spiro atoms. The summed E-state index contributed by atoms with van der Waals surface area (Å²) < 4.78 is 10.4. The zero-order valence-corrected chi connectivity index (χ0v) is 11.4. The average molecular weight is 294 g/mol. The lowest BCUT2D eigenvalue weighted by Gasteiger charge is -2.12. The van der Waals surface area contributed by atoms with Gasteiger partial charge in [-0.25, -0.2) is 4.79 Å². The Morgan fingerprint density at radius 1 is 1.48 bits per heavy atom. The van der Waals surface area contributed by atoms with E-state index in [9.17, 15) is 4.79 Å². The van der Waals surface area contributed by atoms with Crippen molar-refractivity contribution in [2.45, 2.75) is 12.5 Å². The second-order valence-corrected chi connectivity index (χ2v) is 4.56. The van der Waals surface area contributed by atoms with Crippen LogP contribution >= 0.6 is 0 Å². The van der Waals surface area contributed by atoms with Crippen molar-refractivity contribution in [3.63, 3.8) is 0 Å². The van der Waals surface area contributed by atoms with Gasteiger partial charge in [0.2, 0.25) is 0 Å². The van der Waals surface area contributed by atoms with E-state index in [1.807, 2.05) is 0 Å². The first kappa shape index (κ1) is 14.9. The maximum atomic E-state index is 11.7. The van der Waals surface area contributed by atoms with Gasteiger partial charge in [-0.15, -0.1) is 0 Å². The van der Waals surface area contributed by atoms with Gasteiger partial charge in [-0.2, -0.15) is 0 Å². The van der Waals surface area contributed by atoms with Crippen molar-refractivity contribution in [3.05, 3.63) is 24.3 Å². The normalized spacial score (nSPS) is 18.3. The van der Waals surface area contributed by atoms with Crippen LogP contribution in [0.4, 0.5) is 10.5 Å². The number of hydrogen-bond acceptors (Lipinski definition) is 5. The van der Waals surface area contributed by atoms with Gasteiger partial charge in [-0.05, 0) is 30.7 Å². The second kappa shape index (κ2) is 7.34. The van der Waals surface area contributed by atoms with Gasteiger partial charge in [-0.1, -0.05) is 5.16 Å². The molecule has 1 aliphatic rings. The van der Waals surface area contributed by atoms with Gasteiger partial charge in [0.25, 0.3) is 0 Å². The van der Waals surface area contributed by atoms with E-state index >= 15 is 0 Å². The third-order valence-corrected chi connectivity index (χ3v) is 2.89. The third-order valence-electron chi connectivity index (χ3n) is 2.89. The summed E-state index contributed by atoms with van der Waals surface area (Å²) in [4.78, 5) is 11.7. The van der Waals surface area contributed by atoms with Crippen LogP contribution in [-0.2, 0) is 4.74 Å². The summed E-state index contributed by atoms with van der Waals surface area (Å²) in [7, 11) is 0. The molecule has 8 heteroatoms. The molecule has 1 unspecified atom stereocenters. The molecule has 2 rings (SSSR count). The standard InChI is InChI=1S/C13H18N4O4/c14-12(17-19)8-21-11-3-1-9(2-4-11)15-13(18)16-10-5-6-20-7-10/h1-4,10,19H,5-8H2,(H2,14,17)(H2,15,16,18). The van der Waals surface area contributed by atoms with E-state index in [1.165, 1.54) is 0 Å². The molecule has 0 aliphatic carbocycles. The van der Waals surface area contributed by atoms with Crippen molar-refractivity contribution in [3.8, 4) is 5.75 Å². The van der Waals surface area contributed by atoms with E-state index < -0.39 is 0 Å². The Bertz CT molecular complexity index is 497. The first-order valence-electron chi connectivity index (χ1n) is 6.52. The van der Waals surface area contributed by atoms with Crippen LogP contribution in [0.1, 0.15) is 6.42 Å². The molecule has 5 N–H and O–H groups in total. The Hall–Kier alpha value is -2.48. The van der Waals surface area contributed by atoms with Crippen LogP contribution in [0.5, 0.6) is 5.75 Å². The zero-order valence-electron chi connectivity index (χ0n) is 11.4. The number of amides is 2. The number of oxime groups is 1. The molecular formula is C13H18N4O4. The van der Waals surface area contributed by atoms with Gasteiger partial charge in [0.15, 0.2) is 5.84 Å². The van der Waals surface area contributed by atoms with E-state index in [4.69, 9.17) is 20.4 Å². The highest BCUT2D eigenvalue weighted by Gasteiger charge is 2.17. The van der Waals surface area contributed by atoms with Crippen molar-refractivity contribution in [2.75, 3.05) is 25.1 Å². The van der Waals surface area contributed by atoms with E-state index in [-0.39, 0.29) is 24.5 Å². The highest BCUT2D eigenvalue weighted by molar-refractivity contribution is 5.89. The molecule has 1 heterocycles. The van der Waals surface area contributed by atoms with Crippen molar-refractivity contribution < 1.29 is 19.5 Å². The summed E-state index contributed by atoms with van der Waals surface area (Å²) in [6, 6.07) is 6.56. The maximum Gasteiger partial charge on any atom is 0.319 e.